The topological polar surface area (TPSA) is 43.7 Å². The molecule has 5 atom stereocenters. The number of aliphatic hydroxyl groups excluding tert-OH is 1. The van der Waals surface area contributed by atoms with Crippen LogP contribution in [0.1, 0.15) is 57.9 Å². The van der Waals surface area contributed by atoms with E-state index in [2.05, 4.69) is 68.4 Å². The largest absolute Gasteiger partial charge is 0.392 e. The number of nitrogens with zero attached hydrogens (tertiary/aromatic N) is 1. The van der Waals surface area contributed by atoms with Gasteiger partial charge in [-0.15, -0.1) is 0 Å². The standard InChI is InChI=1S/C26H39NO2/c1-5-6-12-26(2,29)13-8-11-23-24-17-20(15-21(24)18-25(23)28)14-19-9-7-10-22(16-19)27(3)4/h7-11,15-16,21,23-25,28-29H,5-6,12-14,17-18H2,1-4H3/t21-,23+,24-,25+,26-/m0/s1. The number of rotatable bonds is 9. The lowest BCUT2D eigenvalue weighted by molar-refractivity contribution is 0.0513. The first-order chi connectivity index (χ1) is 13.8. The summed E-state index contributed by atoms with van der Waals surface area (Å²) in [5, 5.41) is 21.1. The Balaban J connectivity index is 1.59. The Hall–Kier alpha value is -1.58. The summed E-state index contributed by atoms with van der Waals surface area (Å²) >= 11 is 0. The molecule has 3 rings (SSSR count). The second-order valence-electron chi connectivity index (χ2n) is 9.71. The third-order valence-corrected chi connectivity index (χ3v) is 6.79. The van der Waals surface area contributed by atoms with Crippen LogP contribution >= 0.6 is 0 Å². The van der Waals surface area contributed by atoms with Crippen LogP contribution in [0.3, 0.4) is 0 Å². The first kappa shape index (κ1) is 22.1. The molecule has 1 saturated carbocycles. The minimum Gasteiger partial charge on any atom is -0.392 e. The van der Waals surface area contributed by atoms with E-state index in [1.165, 1.54) is 16.8 Å². The predicted octanol–water partition coefficient (Wildman–Crippen LogP) is 5.13. The van der Waals surface area contributed by atoms with E-state index in [0.717, 1.165) is 38.5 Å². The Morgan fingerprint density at radius 1 is 1.28 bits per heavy atom. The molecule has 0 bridgehead atoms. The average Bonchev–Trinajstić information content (AvgIpc) is 3.17. The van der Waals surface area contributed by atoms with Gasteiger partial charge in [0.15, 0.2) is 0 Å². The van der Waals surface area contributed by atoms with Crippen LogP contribution in [0.25, 0.3) is 0 Å². The molecule has 3 heteroatoms. The lowest BCUT2D eigenvalue weighted by Gasteiger charge is -2.22. The molecule has 1 aromatic rings. The Labute approximate surface area is 177 Å². The van der Waals surface area contributed by atoms with Gasteiger partial charge in [0.05, 0.1) is 11.7 Å². The summed E-state index contributed by atoms with van der Waals surface area (Å²) in [4.78, 5) is 2.15. The Morgan fingerprint density at radius 2 is 2.07 bits per heavy atom. The summed E-state index contributed by atoms with van der Waals surface area (Å²) in [6, 6.07) is 8.78. The summed E-state index contributed by atoms with van der Waals surface area (Å²) in [7, 11) is 4.16. The van der Waals surface area contributed by atoms with Gasteiger partial charge in [0.25, 0.3) is 0 Å². The number of benzene rings is 1. The molecule has 0 aromatic heterocycles. The Bertz CT molecular complexity index is 734. The summed E-state index contributed by atoms with van der Waals surface area (Å²) in [5.74, 6) is 1.21. The first-order valence-electron chi connectivity index (χ1n) is 11.3. The number of anilines is 1. The van der Waals surface area contributed by atoms with E-state index >= 15 is 0 Å². The van der Waals surface area contributed by atoms with Crippen LogP contribution in [0.4, 0.5) is 5.69 Å². The molecule has 0 aliphatic heterocycles. The molecule has 0 saturated heterocycles. The van der Waals surface area contributed by atoms with Gasteiger partial charge in [-0.05, 0) is 68.6 Å². The van der Waals surface area contributed by atoms with Crippen molar-refractivity contribution in [3.05, 3.63) is 53.6 Å². The summed E-state index contributed by atoms with van der Waals surface area (Å²) in [6.07, 6.45) is 13.1. The fourth-order valence-corrected chi connectivity index (χ4v) is 5.08. The highest BCUT2D eigenvalue weighted by Crippen LogP contribution is 2.48. The monoisotopic (exact) mass is 397 g/mol. The molecule has 1 fully saturated rings. The second kappa shape index (κ2) is 9.49. The van der Waals surface area contributed by atoms with Gasteiger partial charge in [-0.25, -0.2) is 0 Å². The predicted molar refractivity (Wildman–Crippen MR) is 122 cm³/mol. The van der Waals surface area contributed by atoms with Gasteiger partial charge >= 0.3 is 0 Å². The minimum absolute atomic E-state index is 0.212. The van der Waals surface area contributed by atoms with Crippen LogP contribution in [-0.4, -0.2) is 36.0 Å². The van der Waals surface area contributed by atoms with Gasteiger partial charge in [-0.3, -0.25) is 0 Å². The van der Waals surface area contributed by atoms with Crippen LogP contribution < -0.4 is 4.90 Å². The second-order valence-corrected chi connectivity index (χ2v) is 9.71. The van der Waals surface area contributed by atoms with E-state index in [1.807, 2.05) is 6.92 Å². The third-order valence-electron chi connectivity index (χ3n) is 6.79. The van der Waals surface area contributed by atoms with E-state index in [4.69, 9.17) is 0 Å². The highest BCUT2D eigenvalue weighted by atomic mass is 16.3. The summed E-state index contributed by atoms with van der Waals surface area (Å²) in [6.45, 7) is 4.08. The number of hydrogen-bond donors (Lipinski definition) is 2. The maximum absolute atomic E-state index is 10.6. The minimum atomic E-state index is -0.633. The van der Waals surface area contributed by atoms with E-state index in [0.29, 0.717) is 18.3 Å². The van der Waals surface area contributed by atoms with E-state index in [-0.39, 0.29) is 12.0 Å². The Morgan fingerprint density at radius 3 is 2.79 bits per heavy atom. The molecule has 0 heterocycles. The lowest BCUT2D eigenvalue weighted by atomic mass is 9.87. The number of hydrogen-bond acceptors (Lipinski definition) is 3. The highest BCUT2D eigenvalue weighted by molar-refractivity contribution is 5.48. The molecule has 0 spiro atoms. The van der Waals surface area contributed by atoms with Gasteiger partial charge < -0.3 is 15.1 Å². The molecule has 0 radical (unpaired) electrons. The van der Waals surface area contributed by atoms with Crippen LogP contribution in [-0.2, 0) is 6.42 Å². The van der Waals surface area contributed by atoms with Crippen molar-refractivity contribution in [3.8, 4) is 0 Å². The molecular weight excluding hydrogens is 358 g/mol. The van der Waals surface area contributed by atoms with Crippen molar-refractivity contribution >= 4 is 5.69 Å². The van der Waals surface area contributed by atoms with Gasteiger partial charge in [0.1, 0.15) is 0 Å². The number of unbranched alkanes of at least 4 members (excludes halogenated alkanes) is 1. The van der Waals surface area contributed by atoms with Crippen LogP contribution in [0.5, 0.6) is 0 Å². The van der Waals surface area contributed by atoms with Crippen LogP contribution in [0.2, 0.25) is 0 Å². The fraction of sp³-hybridized carbons (Fsp3) is 0.615. The number of allylic oxidation sites excluding steroid dienone is 2. The van der Waals surface area contributed by atoms with Gasteiger partial charge in [0, 0.05) is 25.7 Å². The van der Waals surface area contributed by atoms with Crippen LogP contribution in [0.15, 0.2) is 48.1 Å². The van der Waals surface area contributed by atoms with E-state index in [1.54, 1.807) is 0 Å². The van der Waals surface area contributed by atoms with Crippen molar-refractivity contribution in [3.63, 3.8) is 0 Å². The quantitative estimate of drug-likeness (QED) is 0.568. The normalized spacial score (nSPS) is 28.4. The molecule has 0 unspecified atom stereocenters. The Kier molecular flexibility index (Phi) is 7.23. The van der Waals surface area contributed by atoms with Crippen LogP contribution in [0, 0.1) is 17.8 Å². The van der Waals surface area contributed by atoms with Crippen molar-refractivity contribution in [1.82, 2.24) is 0 Å². The molecule has 3 nitrogen and oxygen atoms in total. The first-order valence-corrected chi connectivity index (χ1v) is 11.3. The van der Waals surface area contributed by atoms with E-state index < -0.39 is 5.60 Å². The zero-order valence-electron chi connectivity index (χ0n) is 18.6. The van der Waals surface area contributed by atoms with Crippen molar-refractivity contribution in [1.29, 1.82) is 0 Å². The maximum atomic E-state index is 10.6. The SMILES string of the molecule is CCCC[C@](C)(O)CC=C[C@@H]1[C@H]2CC(Cc3cccc(N(C)C)c3)=C[C@H]2C[C@H]1O. The third kappa shape index (κ3) is 5.73. The fourth-order valence-electron chi connectivity index (χ4n) is 5.08. The number of fused-ring (bicyclic) bond motifs is 1. The average molecular weight is 398 g/mol. The molecule has 2 aliphatic rings. The van der Waals surface area contributed by atoms with Crippen molar-refractivity contribution in [2.24, 2.45) is 17.8 Å². The van der Waals surface area contributed by atoms with Crippen molar-refractivity contribution in [2.45, 2.75) is 70.5 Å². The van der Waals surface area contributed by atoms with Gasteiger partial charge in [-0.1, -0.05) is 55.7 Å². The molecule has 0 amide bonds. The van der Waals surface area contributed by atoms with E-state index in [9.17, 15) is 10.2 Å². The zero-order valence-corrected chi connectivity index (χ0v) is 18.6. The zero-order chi connectivity index (χ0) is 21.0. The molecule has 2 N–H and O–H groups in total. The molecule has 29 heavy (non-hydrogen) atoms. The smallest absolute Gasteiger partial charge is 0.0654 e. The summed E-state index contributed by atoms with van der Waals surface area (Å²) in [5.41, 5.74) is 3.48. The molecular formula is C26H39NO2. The van der Waals surface area contributed by atoms with Gasteiger partial charge in [0.2, 0.25) is 0 Å². The molecule has 1 aromatic carbocycles. The maximum Gasteiger partial charge on any atom is 0.0654 e. The summed E-state index contributed by atoms with van der Waals surface area (Å²) < 4.78 is 0. The lowest BCUT2D eigenvalue weighted by Crippen LogP contribution is -2.23. The molecule has 2 aliphatic carbocycles. The molecule has 160 valence electrons. The number of aliphatic hydroxyl groups is 2. The van der Waals surface area contributed by atoms with Crippen molar-refractivity contribution < 1.29 is 10.2 Å². The van der Waals surface area contributed by atoms with Crippen molar-refractivity contribution in [2.75, 3.05) is 19.0 Å². The van der Waals surface area contributed by atoms with Gasteiger partial charge in [-0.2, -0.15) is 0 Å². The highest BCUT2D eigenvalue weighted by Gasteiger charge is 2.43.